The molecule has 2 N–H and O–H groups in total. The number of anilines is 2. The third kappa shape index (κ3) is 6.18. The molecule has 0 aliphatic heterocycles. The molecule has 6 heteroatoms. The maximum absolute atomic E-state index is 12.8. The SMILES string of the molecule is CCN(C(=O)c1ccc(NC(=S)NC(=O)CC(C)C)cc1)c1ccccc1. The summed E-state index contributed by atoms with van der Waals surface area (Å²) in [6, 6.07) is 16.6. The summed E-state index contributed by atoms with van der Waals surface area (Å²) < 4.78 is 0. The van der Waals surface area contributed by atoms with Crippen LogP contribution in [0.25, 0.3) is 0 Å². The van der Waals surface area contributed by atoms with E-state index in [4.69, 9.17) is 12.2 Å². The van der Waals surface area contributed by atoms with Crippen molar-refractivity contribution < 1.29 is 9.59 Å². The quantitative estimate of drug-likeness (QED) is 0.734. The molecular weight excluding hydrogens is 358 g/mol. The highest BCUT2D eigenvalue weighted by Gasteiger charge is 2.16. The number of rotatable bonds is 6. The van der Waals surface area contributed by atoms with Gasteiger partial charge >= 0.3 is 0 Å². The van der Waals surface area contributed by atoms with Gasteiger partial charge in [0.05, 0.1) is 0 Å². The lowest BCUT2D eigenvalue weighted by Gasteiger charge is -2.21. The number of hydrogen-bond donors (Lipinski definition) is 2. The molecule has 0 atom stereocenters. The van der Waals surface area contributed by atoms with Crippen molar-refractivity contribution in [3.8, 4) is 0 Å². The molecule has 2 amide bonds. The van der Waals surface area contributed by atoms with Crippen LogP contribution in [0.5, 0.6) is 0 Å². The maximum Gasteiger partial charge on any atom is 0.258 e. The number of nitrogens with zero attached hydrogens (tertiary/aromatic N) is 1. The Kier molecular flexibility index (Phi) is 7.49. The lowest BCUT2D eigenvalue weighted by molar-refractivity contribution is -0.120. The molecule has 2 aromatic rings. The number of nitrogens with one attached hydrogen (secondary N) is 2. The van der Waals surface area contributed by atoms with Crippen molar-refractivity contribution in [3.05, 3.63) is 60.2 Å². The van der Waals surface area contributed by atoms with Gasteiger partial charge < -0.3 is 15.5 Å². The number of hydrogen-bond acceptors (Lipinski definition) is 3. The van der Waals surface area contributed by atoms with Crippen molar-refractivity contribution in [2.24, 2.45) is 5.92 Å². The normalized spacial score (nSPS) is 10.4. The van der Waals surface area contributed by atoms with Crippen LogP contribution >= 0.6 is 12.2 Å². The van der Waals surface area contributed by atoms with E-state index in [2.05, 4.69) is 10.6 Å². The maximum atomic E-state index is 12.8. The zero-order valence-corrected chi connectivity index (χ0v) is 16.7. The monoisotopic (exact) mass is 383 g/mol. The van der Waals surface area contributed by atoms with Crippen molar-refractivity contribution in [2.75, 3.05) is 16.8 Å². The number of thiocarbonyl (C=S) groups is 1. The van der Waals surface area contributed by atoms with E-state index in [9.17, 15) is 9.59 Å². The highest BCUT2D eigenvalue weighted by atomic mass is 32.1. The van der Waals surface area contributed by atoms with E-state index in [0.717, 1.165) is 5.69 Å². The van der Waals surface area contributed by atoms with E-state index in [1.54, 1.807) is 29.2 Å². The van der Waals surface area contributed by atoms with Gasteiger partial charge in [-0.3, -0.25) is 9.59 Å². The van der Waals surface area contributed by atoms with Crippen molar-refractivity contribution >= 4 is 40.5 Å². The van der Waals surface area contributed by atoms with Crippen molar-refractivity contribution in [2.45, 2.75) is 27.2 Å². The summed E-state index contributed by atoms with van der Waals surface area (Å²) >= 11 is 5.16. The molecule has 0 heterocycles. The van der Waals surface area contributed by atoms with E-state index in [1.807, 2.05) is 51.1 Å². The van der Waals surface area contributed by atoms with E-state index in [0.29, 0.717) is 24.2 Å². The minimum Gasteiger partial charge on any atom is -0.332 e. The molecule has 2 aromatic carbocycles. The standard InChI is InChI=1S/C21H25N3O2S/c1-4-24(18-8-6-5-7-9-18)20(26)16-10-12-17(13-11-16)22-21(27)23-19(25)14-15(2)3/h5-13,15H,4,14H2,1-3H3,(H2,22,23,25,27). The van der Waals surface area contributed by atoms with Gasteiger partial charge in [0.1, 0.15) is 0 Å². The fourth-order valence-electron chi connectivity index (χ4n) is 2.61. The Bertz CT molecular complexity index is 789. The van der Waals surface area contributed by atoms with Gasteiger partial charge in [-0.2, -0.15) is 0 Å². The summed E-state index contributed by atoms with van der Waals surface area (Å²) in [7, 11) is 0. The molecule has 0 radical (unpaired) electrons. The first-order valence-corrected chi connectivity index (χ1v) is 9.39. The van der Waals surface area contributed by atoms with Crippen molar-refractivity contribution in [1.82, 2.24) is 5.32 Å². The van der Waals surface area contributed by atoms with Crippen LogP contribution < -0.4 is 15.5 Å². The number of carbonyl (C=O) groups excluding carboxylic acids is 2. The molecule has 0 saturated heterocycles. The summed E-state index contributed by atoms with van der Waals surface area (Å²) in [5, 5.41) is 5.86. The van der Waals surface area contributed by atoms with Gasteiger partial charge in [-0.15, -0.1) is 0 Å². The predicted octanol–water partition coefficient (Wildman–Crippen LogP) is 4.21. The molecule has 0 aliphatic rings. The number of benzene rings is 2. The Labute approximate surface area is 165 Å². The van der Waals surface area contributed by atoms with Gasteiger partial charge in [-0.1, -0.05) is 32.0 Å². The van der Waals surface area contributed by atoms with Gasteiger partial charge in [0.25, 0.3) is 5.91 Å². The van der Waals surface area contributed by atoms with Gasteiger partial charge in [0.2, 0.25) is 5.91 Å². The van der Waals surface area contributed by atoms with Crippen LogP contribution in [0.3, 0.4) is 0 Å². The van der Waals surface area contributed by atoms with Gasteiger partial charge in [0.15, 0.2) is 5.11 Å². The van der Waals surface area contributed by atoms with E-state index < -0.39 is 0 Å². The molecule has 2 rings (SSSR count). The lowest BCUT2D eigenvalue weighted by Crippen LogP contribution is -2.34. The smallest absolute Gasteiger partial charge is 0.258 e. The number of carbonyl (C=O) groups is 2. The largest absolute Gasteiger partial charge is 0.332 e. The first-order chi connectivity index (χ1) is 12.9. The van der Waals surface area contributed by atoms with Crippen molar-refractivity contribution in [1.29, 1.82) is 0 Å². The molecule has 5 nitrogen and oxygen atoms in total. The molecule has 0 aromatic heterocycles. The molecule has 0 aliphatic carbocycles. The molecular formula is C21H25N3O2S. The number of amides is 2. The minimum atomic E-state index is -0.115. The summed E-state index contributed by atoms with van der Waals surface area (Å²) in [4.78, 5) is 26.3. The van der Waals surface area contributed by atoms with Crippen LogP contribution in [-0.2, 0) is 4.79 Å². The van der Waals surface area contributed by atoms with Crippen LogP contribution in [0.1, 0.15) is 37.6 Å². The second kappa shape index (κ2) is 9.83. The summed E-state index contributed by atoms with van der Waals surface area (Å²) in [5.74, 6) is 0.0861. The first kappa shape index (κ1) is 20.6. The second-order valence-electron chi connectivity index (χ2n) is 6.56. The lowest BCUT2D eigenvalue weighted by atomic mass is 10.1. The van der Waals surface area contributed by atoms with Crippen molar-refractivity contribution in [3.63, 3.8) is 0 Å². The van der Waals surface area contributed by atoms with Gasteiger partial charge in [0, 0.05) is 29.9 Å². The van der Waals surface area contributed by atoms with Crippen LogP contribution in [-0.4, -0.2) is 23.5 Å². The molecule has 0 unspecified atom stereocenters. The zero-order chi connectivity index (χ0) is 19.8. The average molecular weight is 384 g/mol. The van der Waals surface area contributed by atoms with Crippen LogP contribution in [0.4, 0.5) is 11.4 Å². The Balaban J connectivity index is 2.01. The molecule has 0 saturated carbocycles. The Morgan fingerprint density at radius 1 is 1.04 bits per heavy atom. The number of para-hydroxylation sites is 1. The third-order valence-corrected chi connectivity index (χ3v) is 4.07. The van der Waals surface area contributed by atoms with E-state index in [1.165, 1.54) is 0 Å². The van der Waals surface area contributed by atoms with E-state index >= 15 is 0 Å². The van der Waals surface area contributed by atoms with Crippen LogP contribution in [0, 0.1) is 5.92 Å². The summed E-state index contributed by atoms with van der Waals surface area (Å²) in [6.07, 6.45) is 0.418. The molecule has 0 spiro atoms. The second-order valence-corrected chi connectivity index (χ2v) is 6.97. The third-order valence-electron chi connectivity index (χ3n) is 3.87. The van der Waals surface area contributed by atoms with Gasteiger partial charge in [-0.25, -0.2) is 0 Å². The Morgan fingerprint density at radius 3 is 2.22 bits per heavy atom. The topological polar surface area (TPSA) is 61.4 Å². The van der Waals surface area contributed by atoms with Crippen LogP contribution in [0.2, 0.25) is 0 Å². The fraction of sp³-hybridized carbons (Fsp3) is 0.286. The fourth-order valence-corrected chi connectivity index (χ4v) is 2.85. The predicted molar refractivity (Wildman–Crippen MR) is 114 cm³/mol. The van der Waals surface area contributed by atoms with Crippen LogP contribution in [0.15, 0.2) is 54.6 Å². The summed E-state index contributed by atoms with van der Waals surface area (Å²) in [5.41, 5.74) is 2.16. The molecule has 142 valence electrons. The Hall–Kier alpha value is -2.73. The molecule has 0 bridgehead atoms. The highest BCUT2D eigenvalue weighted by Crippen LogP contribution is 2.18. The van der Waals surface area contributed by atoms with Gasteiger partial charge in [-0.05, 0) is 61.5 Å². The zero-order valence-electron chi connectivity index (χ0n) is 15.9. The molecule has 0 fully saturated rings. The average Bonchev–Trinajstić information content (AvgIpc) is 2.63. The minimum absolute atomic E-state index is 0.0666. The molecule has 27 heavy (non-hydrogen) atoms. The first-order valence-electron chi connectivity index (χ1n) is 8.98. The summed E-state index contributed by atoms with van der Waals surface area (Å²) in [6.45, 7) is 6.47. The Morgan fingerprint density at radius 2 is 1.67 bits per heavy atom. The van der Waals surface area contributed by atoms with E-state index in [-0.39, 0.29) is 22.8 Å². The highest BCUT2D eigenvalue weighted by molar-refractivity contribution is 7.80.